The third kappa shape index (κ3) is 5.53. The van der Waals surface area contributed by atoms with E-state index in [-0.39, 0.29) is 12.1 Å². The minimum Gasteiger partial charge on any atom is -0.494 e. The van der Waals surface area contributed by atoms with Crippen LogP contribution in [0.15, 0.2) is 18.2 Å². The van der Waals surface area contributed by atoms with Gasteiger partial charge in [-0.1, -0.05) is 0 Å². The van der Waals surface area contributed by atoms with Crippen molar-refractivity contribution >= 4 is 11.8 Å². The van der Waals surface area contributed by atoms with Crippen molar-refractivity contribution in [1.29, 1.82) is 0 Å². The quantitative estimate of drug-likeness (QED) is 0.846. The highest BCUT2D eigenvalue weighted by atomic mass is 16.6. The molecule has 2 rings (SSSR count). The van der Waals surface area contributed by atoms with Crippen LogP contribution in [-0.2, 0) is 11.3 Å². The zero-order valence-electron chi connectivity index (χ0n) is 16.0. The molecule has 0 aromatic heterocycles. The number of nitrogen functional groups attached to an aromatic ring is 1. The van der Waals surface area contributed by atoms with E-state index in [4.69, 9.17) is 15.2 Å². The lowest BCUT2D eigenvalue weighted by molar-refractivity contribution is 0.00449. The van der Waals surface area contributed by atoms with Gasteiger partial charge < -0.3 is 20.1 Å². The predicted molar refractivity (Wildman–Crippen MR) is 99.7 cm³/mol. The Balaban J connectivity index is 2.00. The van der Waals surface area contributed by atoms with Crippen molar-refractivity contribution in [1.82, 2.24) is 9.80 Å². The fourth-order valence-electron chi connectivity index (χ4n) is 2.96. The second-order valence-electron chi connectivity index (χ2n) is 7.55. The summed E-state index contributed by atoms with van der Waals surface area (Å²) in [5.74, 6) is 0.874. The van der Waals surface area contributed by atoms with Crippen LogP contribution < -0.4 is 10.5 Å². The molecule has 0 bridgehead atoms. The van der Waals surface area contributed by atoms with Crippen molar-refractivity contribution in [2.75, 3.05) is 32.0 Å². The summed E-state index contributed by atoms with van der Waals surface area (Å²) in [6, 6.07) is 5.99. The van der Waals surface area contributed by atoms with Crippen LogP contribution >= 0.6 is 0 Å². The summed E-state index contributed by atoms with van der Waals surface area (Å²) >= 11 is 0. The van der Waals surface area contributed by atoms with Crippen LogP contribution in [0.4, 0.5) is 10.5 Å². The molecule has 6 nitrogen and oxygen atoms in total. The Labute approximate surface area is 150 Å². The standard InChI is InChI=1S/C19H31N3O3/c1-6-24-17-8-7-16(20)11-15(17)13-21-9-10-22(12-14(21)2)18(23)25-19(3,4)5/h7-8,11,14H,6,9-10,12-13,20H2,1-5H3/t14-/m1/s1. The maximum absolute atomic E-state index is 12.3. The van der Waals surface area contributed by atoms with Gasteiger partial charge in [-0.05, 0) is 52.8 Å². The molecule has 1 fully saturated rings. The van der Waals surface area contributed by atoms with E-state index in [9.17, 15) is 4.79 Å². The molecule has 0 radical (unpaired) electrons. The number of hydrogen-bond acceptors (Lipinski definition) is 5. The third-order valence-electron chi connectivity index (χ3n) is 4.17. The summed E-state index contributed by atoms with van der Waals surface area (Å²) in [5, 5.41) is 0. The number of rotatable bonds is 4. The smallest absolute Gasteiger partial charge is 0.410 e. The molecule has 1 aromatic rings. The van der Waals surface area contributed by atoms with Crippen molar-refractivity contribution in [3.05, 3.63) is 23.8 Å². The van der Waals surface area contributed by atoms with Crippen molar-refractivity contribution in [2.24, 2.45) is 0 Å². The summed E-state index contributed by atoms with van der Waals surface area (Å²) in [6.07, 6.45) is -0.238. The van der Waals surface area contributed by atoms with Crippen LogP contribution in [0.25, 0.3) is 0 Å². The summed E-state index contributed by atoms with van der Waals surface area (Å²) < 4.78 is 11.2. The molecule has 1 saturated heterocycles. The molecule has 0 unspecified atom stereocenters. The van der Waals surface area contributed by atoms with E-state index in [1.807, 2.05) is 45.9 Å². The fraction of sp³-hybridized carbons (Fsp3) is 0.632. The number of nitrogens with two attached hydrogens (primary N) is 1. The van der Waals surface area contributed by atoms with Gasteiger partial charge >= 0.3 is 6.09 Å². The number of benzene rings is 1. The first kappa shape index (κ1) is 19.4. The molecule has 1 atom stereocenters. The monoisotopic (exact) mass is 349 g/mol. The van der Waals surface area contributed by atoms with Crippen LogP contribution in [0.1, 0.15) is 40.2 Å². The number of ether oxygens (including phenoxy) is 2. The van der Waals surface area contributed by atoms with E-state index in [2.05, 4.69) is 11.8 Å². The van der Waals surface area contributed by atoms with E-state index in [1.165, 1.54) is 0 Å². The van der Waals surface area contributed by atoms with Gasteiger partial charge in [0.15, 0.2) is 0 Å². The molecular weight excluding hydrogens is 318 g/mol. The van der Waals surface area contributed by atoms with Gasteiger partial charge in [0.05, 0.1) is 6.61 Å². The van der Waals surface area contributed by atoms with E-state index >= 15 is 0 Å². The molecule has 1 amide bonds. The predicted octanol–water partition coefficient (Wildman–Crippen LogP) is 3.11. The number of carbonyl (C=O) groups is 1. The Morgan fingerprint density at radius 3 is 2.64 bits per heavy atom. The topological polar surface area (TPSA) is 68.0 Å². The van der Waals surface area contributed by atoms with Crippen LogP contribution in [0.5, 0.6) is 5.75 Å². The summed E-state index contributed by atoms with van der Waals surface area (Å²) in [4.78, 5) is 16.4. The van der Waals surface area contributed by atoms with Gasteiger partial charge in [-0.25, -0.2) is 4.79 Å². The lowest BCUT2D eigenvalue weighted by Gasteiger charge is -2.40. The van der Waals surface area contributed by atoms with Crippen LogP contribution in [0.2, 0.25) is 0 Å². The minimum absolute atomic E-state index is 0.233. The zero-order chi connectivity index (χ0) is 18.6. The summed E-state index contributed by atoms with van der Waals surface area (Å²) in [7, 11) is 0. The average Bonchev–Trinajstić information content (AvgIpc) is 2.50. The van der Waals surface area contributed by atoms with Gasteiger partial charge in [0.2, 0.25) is 0 Å². The molecular formula is C19H31N3O3. The van der Waals surface area contributed by atoms with Gasteiger partial charge in [-0.3, -0.25) is 4.90 Å². The van der Waals surface area contributed by atoms with Crippen molar-refractivity contribution < 1.29 is 14.3 Å². The fourth-order valence-corrected chi connectivity index (χ4v) is 2.96. The first-order valence-corrected chi connectivity index (χ1v) is 8.92. The highest BCUT2D eigenvalue weighted by Crippen LogP contribution is 2.25. The second kappa shape index (κ2) is 7.95. The Hall–Kier alpha value is -1.95. The first-order chi connectivity index (χ1) is 11.7. The highest BCUT2D eigenvalue weighted by molar-refractivity contribution is 5.68. The van der Waals surface area contributed by atoms with Gasteiger partial charge in [0, 0.05) is 43.5 Å². The maximum Gasteiger partial charge on any atom is 0.410 e. The molecule has 140 valence electrons. The van der Waals surface area contributed by atoms with Crippen LogP contribution in [0.3, 0.4) is 0 Å². The molecule has 0 saturated carbocycles. The molecule has 6 heteroatoms. The highest BCUT2D eigenvalue weighted by Gasteiger charge is 2.30. The van der Waals surface area contributed by atoms with Gasteiger partial charge in [0.1, 0.15) is 11.4 Å². The SMILES string of the molecule is CCOc1ccc(N)cc1CN1CCN(C(=O)OC(C)(C)C)C[C@H]1C. The van der Waals surface area contributed by atoms with Crippen LogP contribution in [0, 0.1) is 0 Å². The van der Waals surface area contributed by atoms with E-state index < -0.39 is 5.60 Å². The number of anilines is 1. The molecule has 1 aliphatic heterocycles. The summed E-state index contributed by atoms with van der Waals surface area (Å²) in [6.45, 7) is 13.3. The van der Waals surface area contributed by atoms with E-state index in [0.717, 1.165) is 30.1 Å². The van der Waals surface area contributed by atoms with Crippen molar-refractivity contribution in [3.63, 3.8) is 0 Å². The normalized spacial score (nSPS) is 18.9. The largest absolute Gasteiger partial charge is 0.494 e. The average molecular weight is 349 g/mol. The van der Waals surface area contributed by atoms with Crippen molar-refractivity contribution in [2.45, 2.75) is 52.8 Å². The van der Waals surface area contributed by atoms with Crippen LogP contribution in [-0.4, -0.2) is 53.8 Å². The lowest BCUT2D eigenvalue weighted by atomic mass is 10.1. The van der Waals surface area contributed by atoms with Gasteiger partial charge in [0.25, 0.3) is 0 Å². The molecule has 0 aliphatic carbocycles. The summed E-state index contributed by atoms with van der Waals surface area (Å²) in [5.41, 5.74) is 7.29. The maximum atomic E-state index is 12.3. The van der Waals surface area contributed by atoms with Crippen molar-refractivity contribution in [3.8, 4) is 5.75 Å². The number of piperazine rings is 1. The second-order valence-corrected chi connectivity index (χ2v) is 7.55. The minimum atomic E-state index is -0.467. The van der Waals surface area contributed by atoms with Gasteiger partial charge in [-0.15, -0.1) is 0 Å². The number of amides is 1. The molecule has 1 aliphatic rings. The molecule has 25 heavy (non-hydrogen) atoms. The first-order valence-electron chi connectivity index (χ1n) is 8.92. The number of nitrogens with zero attached hydrogens (tertiary/aromatic N) is 2. The Bertz CT molecular complexity index is 598. The third-order valence-corrected chi connectivity index (χ3v) is 4.17. The number of hydrogen-bond donors (Lipinski definition) is 1. The zero-order valence-corrected chi connectivity index (χ0v) is 16.0. The van der Waals surface area contributed by atoms with E-state index in [0.29, 0.717) is 19.7 Å². The Morgan fingerprint density at radius 2 is 2.04 bits per heavy atom. The van der Waals surface area contributed by atoms with E-state index in [1.54, 1.807) is 4.90 Å². The lowest BCUT2D eigenvalue weighted by Crippen LogP contribution is -2.54. The molecule has 2 N–H and O–H groups in total. The molecule has 0 spiro atoms. The Kier molecular flexibility index (Phi) is 6.16. The Morgan fingerprint density at radius 1 is 1.32 bits per heavy atom. The number of carbonyl (C=O) groups excluding carboxylic acids is 1. The molecule has 1 heterocycles. The van der Waals surface area contributed by atoms with Gasteiger partial charge in [-0.2, -0.15) is 0 Å². The molecule has 1 aromatic carbocycles.